The minimum atomic E-state index is -0.641. The molecule has 33 heavy (non-hydrogen) atoms. The van der Waals surface area contributed by atoms with Crippen LogP contribution in [-0.2, 0) is 20.9 Å². The van der Waals surface area contributed by atoms with Gasteiger partial charge in [-0.05, 0) is 61.5 Å². The number of ether oxygens (including phenoxy) is 3. The van der Waals surface area contributed by atoms with E-state index in [1.807, 2.05) is 0 Å². The number of imide groups is 1. The average molecular weight is 510 g/mol. The number of hydrogen-bond acceptors (Lipinski definition) is 7. The largest absolute Gasteiger partial charge is 0.493 e. The first kappa shape index (κ1) is 25.0. The molecule has 0 unspecified atom stereocenters. The summed E-state index contributed by atoms with van der Waals surface area (Å²) in [6, 6.07) is 10.2. The van der Waals surface area contributed by atoms with E-state index in [-0.39, 0.29) is 17.6 Å². The van der Waals surface area contributed by atoms with Gasteiger partial charge in [-0.3, -0.25) is 19.3 Å². The molecule has 174 valence electrons. The van der Waals surface area contributed by atoms with Gasteiger partial charge in [-0.1, -0.05) is 35.3 Å². The van der Waals surface area contributed by atoms with Crippen LogP contribution in [0.2, 0.25) is 10.0 Å². The third kappa shape index (κ3) is 6.43. The Morgan fingerprint density at radius 2 is 1.88 bits per heavy atom. The van der Waals surface area contributed by atoms with E-state index >= 15 is 0 Å². The lowest BCUT2D eigenvalue weighted by molar-refractivity contribution is -0.149. The molecule has 1 fully saturated rings. The fourth-order valence-electron chi connectivity index (χ4n) is 2.90. The zero-order chi connectivity index (χ0) is 24.1. The summed E-state index contributed by atoms with van der Waals surface area (Å²) in [6.07, 6.45) is 1.22. The summed E-state index contributed by atoms with van der Waals surface area (Å²) in [6.45, 7) is 3.16. The van der Waals surface area contributed by atoms with E-state index < -0.39 is 23.7 Å². The number of hydrogen-bond donors (Lipinski definition) is 0. The lowest BCUT2D eigenvalue weighted by Crippen LogP contribution is -2.35. The van der Waals surface area contributed by atoms with Crippen molar-refractivity contribution >= 4 is 58.2 Å². The third-order valence-electron chi connectivity index (χ3n) is 4.41. The number of rotatable bonds is 8. The number of nitrogens with zero attached hydrogens (tertiary/aromatic N) is 1. The van der Waals surface area contributed by atoms with E-state index in [4.69, 9.17) is 37.4 Å². The SMILES string of the molecule is COc1cc(/C=C2\SC(=O)N(CC(=O)OC(C)C)C2=O)ccc1OCc1ccc(Cl)cc1Cl. The molecule has 1 aliphatic heterocycles. The van der Waals surface area contributed by atoms with Crippen molar-refractivity contribution in [3.63, 3.8) is 0 Å². The standard InChI is InChI=1S/C23H21Cl2NO6S/c1-13(2)32-21(27)11-26-22(28)20(33-23(26)29)9-14-4-7-18(19(8-14)30-3)31-12-15-5-6-16(24)10-17(15)25/h4-10,13H,11-12H2,1-3H3/b20-9-. The molecule has 3 rings (SSSR count). The molecule has 1 saturated heterocycles. The van der Waals surface area contributed by atoms with Crippen molar-refractivity contribution in [2.24, 2.45) is 0 Å². The lowest BCUT2D eigenvalue weighted by atomic mass is 10.1. The van der Waals surface area contributed by atoms with E-state index in [0.29, 0.717) is 27.1 Å². The number of carbonyl (C=O) groups is 3. The Balaban J connectivity index is 1.73. The highest BCUT2D eigenvalue weighted by Gasteiger charge is 2.36. The smallest absolute Gasteiger partial charge is 0.326 e. The van der Waals surface area contributed by atoms with Gasteiger partial charge >= 0.3 is 5.97 Å². The second-order valence-corrected chi connectivity index (χ2v) is 9.08. The predicted molar refractivity (Wildman–Crippen MR) is 128 cm³/mol. The molecule has 7 nitrogen and oxygen atoms in total. The maximum Gasteiger partial charge on any atom is 0.326 e. The van der Waals surface area contributed by atoms with E-state index in [1.54, 1.807) is 56.3 Å². The Kier molecular flexibility index (Phi) is 8.29. The van der Waals surface area contributed by atoms with Crippen molar-refractivity contribution in [1.82, 2.24) is 4.90 Å². The van der Waals surface area contributed by atoms with Gasteiger partial charge in [0.05, 0.1) is 18.1 Å². The molecule has 0 radical (unpaired) electrons. The second kappa shape index (κ2) is 11.0. The van der Waals surface area contributed by atoms with Crippen molar-refractivity contribution < 1.29 is 28.6 Å². The number of thioether (sulfide) groups is 1. The highest BCUT2D eigenvalue weighted by Crippen LogP contribution is 2.35. The zero-order valence-corrected chi connectivity index (χ0v) is 20.4. The molecule has 0 saturated carbocycles. The predicted octanol–water partition coefficient (Wildman–Crippen LogP) is 5.57. The molecule has 0 N–H and O–H groups in total. The van der Waals surface area contributed by atoms with Crippen LogP contribution in [0.3, 0.4) is 0 Å². The number of methoxy groups -OCH3 is 1. The number of halogens is 2. The molecular formula is C23H21Cl2NO6S. The zero-order valence-electron chi connectivity index (χ0n) is 18.1. The molecule has 0 atom stereocenters. The molecule has 10 heteroatoms. The van der Waals surface area contributed by atoms with Gasteiger partial charge in [-0.25, -0.2) is 0 Å². The van der Waals surface area contributed by atoms with Crippen LogP contribution in [0.4, 0.5) is 4.79 Å². The van der Waals surface area contributed by atoms with Gasteiger partial charge in [0.1, 0.15) is 13.2 Å². The van der Waals surface area contributed by atoms with Crippen molar-refractivity contribution in [2.45, 2.75) is 26.6 Å². The number of benzene rings is 2. The molecule has 1 heterocycles. The molecule has 0 bridgehead atoms. The number of esters is 1. The molecule has 0 aromatic heterocycles. The Hall–Kier alpha value is -2.68. The number of amides is 2. The first-order valence-electron chi connectivity index (χ1n) is 9.87. The molecule has 2 aromatic rings. The van der Waals surface area contributed by atoms with Gasteiger partial charge < -0.3 is 14.2 Å². The lowest BCUT2D eigenvalue weighted by Gasteiger charge is -2.13. The Labute approximate surface area is 205 Å². The fourth-order valence-corrected chi connectivity index (χ4v) is 4.21. The van der Waals surface area contributed by atoms with Crippen molar-refractivity contribution in [3.8, 4) is 11.5 Å². The van der Waals surface area contributed by atoms with Crippen LogP contribution in [0.25, 0.3) is 6.08 Å². The first-order valence-corrected chi connectivity index (χ1v) is 11.4. The average Bonchev–Trinajstić information content (AvgIpc) is 3.00. The Morgan fingerprint density at radius 1 is 1.12 bits per heavy atom. The quantitative estimate of drug-likeness (QED) is 0.339. The minimum Gasteiger partial charge on any atom is -0.493 e. The monoisotopic (exact) mass is 509 g/mol. The summed E-state index contributed by atoms with van der Waals surface area (Å²) in [5, 5.41) is 0.497. The molecule has 2 amide bonds. The maximum atomic E-state index is 12.6. The molecule has 1 aliphatic rings. The highest BCUT2D eigenvalue weighted by atomic mass is 35.5. The van der Waals surface area contributed by atoms with Crippen LogP contribution in [-0.4, -0.2) is 41.8 Å². The van der Waals surface area contributed by atoms with Gasteiger partial charge in [0.2, 0.25) is 0 Å². The maximum absolute atomic E-state index is 12.6. The summed E-state index contributed by atoms with van der Waals surface area (Å²) in [7, 11) is 1.50. The molecule has 0 aliphatic carbocycles. The topological polar surface area (TPSA) is 82.1 Å². The van der Waals surface area contributed by atoms with Crippen LogP contribution < -0.4 is 9.47 Å². The second-order valence-electron chi connectivity index (χ2n) is 7.24. The van der Waals surface area contributed by atoms with Gasteiger partial charge in [0.25, 0.3) is 11.1 Å². The summed E-state index contributed by atoms with van der Waals surface area (Å²) in [4.78, 5) is 37.7. The van der Waals surface area contributed by atoms with Gasteiger partial charge in [-0.2, -0.15) is 0 Å². The highest BCUT2D eigenvalue weighted by molar-refractivity contribution is 8.18. The van der Waals surface area contributed by atoms with Crippen LogP contribution in [0.15, 0.2) is 41.3 Å². The Morgan fingerprint density at radius 3 is 2.55 bits per heavy atom. The summed E-state index contributed by atoms with van der Waals surface area (Å²) >= 11 is 12.9. The number of carbonyl (C=O) groups excluding carboxylic acids is 3. The summed E-state index contributed by atoms with van der Waals surface area (Å²) < 4.78 is 16.3. The third-order valence-corrected chi connectivity index (χ3v) is 5.91. The van der Waals surface area contributed by atoms with Crippen LogP contribution in [0.1, 0.15) is 25.0 Å². The fraction of sp³-hybridized carbons (Fsp3) is 0.261. The van der Waals surface area contributed by atoms with Crippen LogP contribution in [0, 0.1) is 0 Å². The Bertz CT molecular complexity index is 1120. The van der Waals surface area contributed by atoms with E-state index in [1.165, 1.54) is 7.11 Å². The first-order chi connectivity index (χ1) is 15.7. The van der Waals surface area contributed by atoms with Crippen LogP contribution >= 0.6 is 35.0 Å². The van der Waals surface area contributed by atoms with Gasteiger partial charge in [0.15, 0.2) is 11.5 Å². The van der Waals surface area contributed by atoms with Crippen LogP contribution in [0.5, 0.6) is 11.5 Å². The van der Waals surface area contributed by atoms with E-state index in [2.05, 4.69) is 0 Å². The molecule has 2 aromatic carbocycles. The molecule has 0 spiro atoms. The van der Waals surface area contributed by atoms with Gasteiger partial charge in [-0.15, -0.1) is 0 Å². The van der Waals surface area contributed by atoms with Crippen molar-refractivity contribution in [2.75, 3.05) is 13.7 Å². The summed E-state index contributed by atoms with van der Waals surface area (Å²) in [5.41, 5.74) is 1.39. The molecular weight excluding hydrogens is 489 g/mol. The van der Waals surface area contributed by atoms with Gasteiger partial charge in [0, 0.05) is 15.6 Å². The van der Waals surface area contributed by atoms with E-state index in [0.717, 1.165) is 22.2 Å². The van der Waals surface area contributed by atoms with Crippen molar-refractivity contribution in [1.29, 1.82) is 0 Å². The summed E-state index contributed by atoms with van der Waals surface area (Å²) in [5.74, 6) is -0.279. The minimum absolute atomic E-state index is 0.195. The van der Waals surface area contributed by atoms with Crippen molar-refractivity contribution in [3.05, 3.63) is 62.5 Å². The van der Waals surface area contributed by atoms with E-state index in [9.17, 15) is 14.4 Å². The normalized spacial score (nSPS) is 14.8.